The topological polar surface area (TPSA) is 158 Å². The van der Waals surface area contributed by atoms with Gasteiger partial charge in [-0.2, -0.15) is 4.98 Å². The lowest BCUT2D eigenvalue weighted by Gasteiger charge is -2.47. The monoisotopic (exact) mass is 962 g/mol. The number of hydrogen-bond acceptors (Lipinski definition) is 12. The highest BCUT2D eigenvalue weighted by atomic mass is 79.9. The van der Waals surface area contributed by atoms with E-state index in [-0.39, 0.29) is 18.2 Å². The zero-order valence-electron chi connectivity index (χ0n) is 38.1. The second kappa shape index (κ2) is 20.5. The molecule has 2 fully saturated rings. The van der Waals surface area contributed by atoms with Crippen molar-refractivity contribution in [3.63, 3.8) is 0 Å². The van der Waals surface area contributed by atoms with Crippen LogP contribution in [0.25, 0.3) is 11.0 Å². The summed E-state index contributed by atoms with van der Waals surface area (Å²) in [6, 6.07) is 13.7. The number of piperidine rings is 2. The highest BCUT2D eigenvalue weighted by Gasteiger charge is 2.38. The summed E-state index contributed by atoms with van der Waals surface area (Å²) in [6.07, 6.45) is 14.4. The quantitative estimate of drug-likeness (QED) is 0.0468. The number of halogens is 1. The standard InChI is InChI=1S/C49H60BrN10O4P/c1-32-27-40(56-48-54-29-37(50)46(57-48)55-39-14-13-38-44(45(39)65(4)5)53-21-20-52-38)42(64-3)28-41(32)59-25-18-49(19-26-59)16-23-58(24-17-49)22-7-6-9-33-10-8-11-35-36(33)30-60(47(35)63)34(31-61)12-15-43(62)51-2/h8,10-11,13-14,20-21,27-29,31,34H,6-7,9,12,15-19,22-26,30H2,1-5H3,(H,51,62)(H2,54,55,56,57). The molecule has 65 heavy (non-hydrogen) atoms. The van der Waals surface area contributed by atoms with Crippen LogP contribution in [0.4, 0.5) is 28.8 Å². The molecule has 0 aliphatic carbocycles. The van der Waals surface area contributed by atoms with E-state index in [0.29, 0.717) is 35.7 Å². The van der Waals surface area contributed by atoms with E-state index in [1.807, 2.05) is 24.3 Å². The first-order chi connectivity index (χ1) is 31.5. The van der Waals surface area contributed by atoms with Crippen molar-refractivity contribution < 1.29 is 19.1 Å². The number of rotatable bonds is 17. The summed E-state index contributed by atoms with van der Waals surface area (Å²) in [6.45, 7) is 12.4. The van der Waals surface area contributed by atoms with Gasteiger partial charge in [-0.3, -0.25) is 19.6 Å². The predicted molar refractivity (Wildman–Crippen MR) is 264 cm³/mol. The van der Waals surface area contributed by atoms with Crippen LogP contribution in [0.3, 0.4) is 0 Å². The average Bonchev–Trinajstić information content (AvgIpc) is 3.66. The van der Waals surface area contributed by atoms with E-state index in [0.717, 1.165) is 102 Å². The third kappa shape index (κ3) is 10.3. The highest BCUT2D eigenvalue weighted by Crippen LogP contribution is 2.44. The van der Waals surface area contributed by atoms with Crippen LogP contribution in [0.15, 0.2) is 65.5 Å². The van der Waals surface area contributed by atoms with Gasteiger partial charge in [-0.05, 0) is 154 Å². The summed E-state index contributed by atoms with van der Waals surface area (Å²) in [4.78, 5) is 62.4. The van der Waals surface area contributed by atoms with Crippen LogP contribution in [0.2, 0.25) is 0 Å². The maximum Gasteiger partial charge on any atom is 0.255 e. The van der Waals surface area contributed by atoms with E-state index in [9.17, 15) is 14.4 Å². The van der Waals surface area contributed by atoms with Gasteiger partial charge in [-0.1, -0.05) is 20.1 Å². The number of aryl methyl sites for hydroxylation is 2. The van der Waals surface area contributed by atoms with E-state index >= 15 is 0 Å². The predicted octanol–water partition coefficient (Wildman–Crippen LogP) is 8.11. The number of aromatic nitrogens is 4. The van der Waals surface area contributed by atoms with Crippen molar-refractivity contribution in [3.05, 3.63) is 87.8 Å². The van der Waals surface area contributed by atoms with Gasteiger partial charge in [0.15, 0.2) is 0 Å². The number of nitrogens with one attached hydrogen (secondary N) is 3. The van der Waals surface area contributed by atoms with Gasteiger partial charge in [0.1, 0.15) is 17.9 Å². The van der Waals surface area contributed by atoms with Gasteiger partial charge in [-0.15, -0.1) is 0 Å². The van der Waals surface area contributed by atoms with Crippen LogP contribution in [-0.4, -0.2) is 114 Å². The van der Waals surface area contributed by atoms with E-state index in [4.69, 9.17) is 9.72 Å². The summed E-state index contributed by atoms with van der Waals surface area (Å²) in [5.74, 6) is 1.60. The molecule has 3 aliphatic rings. The number of carbonyl (C=O) groups excluding carboxylic acids is 3. The molecule has 5 aromatic rings. The number of amides is 2. The number of benzene rings is 3. The Hall–Kier alpha value is -5.24. The fourth-order valence-corrected chi connectivity index (χ4v) is 11.4. The molecule has 1 unspecified atom stereocenters. The number of fused-ring (bicyclic) bond motifs is 2. The lowest BCUT2D eigenvalue weighted by atomic mass is 9.71. The lowest BCUT2D eigenvalue weighted by molar-refractivity contribution is -0.121. The Kier molecular flexibility index (Phi) is 14.6. The molecule has 2 amide bonds. The van der Waals surface area contributed by atoms with Crippen molar-refractivity contribution in [1.82, 2.24) is 35.1 Å². The summed E-state index contributed by atoms with van der Waals surface area (Å²) in [5, 5.41) is 10.7. The number of unbranched alkanes of at least 4 members (excludes halogenated alkanes) is 1. The molecule has 0 saturated carbocycles. The van der Waals surface area contributed by atoms with E-state index in [2.05, 4.69) is 95.1 Å². The molecule has 1 atom stereocenters. The molecule has 5 heterocycles. The SMILES string of the molecule is CNC(=O)CCC(C=O)N1Cc2c(CCCCN3CCC4(CC3)CCN(c3cc(OC)c(Nc5ncc(Br)c(Nc6ccc7nccnc7c6P(C)C)n5)cc3C)CC4)cccc2C1=O. The minimum atomic E-state index is -0.603. The molecule has 16 heteroatoms. The van der Waals surface area contributed by atoms with Crippen LogP contribution in [-0.2, 0) is 22.6 Å². The zero-order chi connectivity index (χ0) is 45.7. The largest absolute Gasteiger partial charge is 0.494 e. The number of carbonyl (C=O) groups is 3. The summed E-state index contributed by atoms with van der Waals surface area (Å²) >= 11 is 3.66. The zero-order valence-corrected chi connectivity index (χ0v) is 40.6. The van der Waals surface area contributed by atoms with Crippen LogP contribution in [0.5, 0.6) is 5.75 Å². The molecule has 0 radical (unpaired) electrons. The highest BCUT2D eigenvalue weighted by molar-refractivity contribution is 9.10. The van der Waals surface area contributed by atoms with Crippen LogP contribution in [0.1, 0.15) is 78.4 Å². The van der Waals surface area contributed by atoms with Crippen molar-refractivity contribution in [2.24, 2.45) is 5.41 Å². The van der Waals surface area contributed by atoms with Crippen molar-refractivity contribution in [3.8, 4) is 5.75 Å². The number of nitrogens with zero attached hydrogens (tertiary/aromatic N) is 7. The van der Waals surface area contributed by atoms with E-state index in [1.165, 1.54) is 42.5 Å². The molecule has 3 aliphatic heterocycles. The van der Waals surface area contributed by atoms with Crippen LogP contribution >= 0.6 is 23.9 Å². The molecule has 3 N–H and O–H groups in total. The summed E-state index contributed by atoms with van der Waals surface area (Å²) in [7, 11) is 2.79. The van der Waals surface area contributed by atoms with E-state index < -0.39 is 14.0 Å². The number of ether oxygens (including phenoxy) is 1. The van der Waals surface area contributed by atoms with Crippen molar-refractivity contribution in [1.29, 1.82) is 0 Å². The van der Waals surface area contributed by atoms with Gasteiger partial charge in [-0.25, -0.2) is 4.98 Å². The number of methoxy groups -OCH3 is 1. The van der Waals surface area contributed by atoms with Gasteiger partial charge in [0.25, 0.3) is 5.91 Å². The lowest BCUT2D eigenvalue weighted by Crippen LogP contribution is -2.47. The second-order valence-electron chi connectivity index (χ2n) is 17.8. The smallest absolute Gasteiger partial charge is 0.255 e. The maximum absolute atomic E-state index is 13.3. The van der Waals surface area contributed by atoms with Crippen molar-refractivity contribution in [2.75, 3.05) is 75.7 Å². The third-order valence-corrected chi connectivity index (χ3v) is 15.6. The Morgan fingerprint density at radius 2 is 1.75 bits per heavy atom. The Labute approximate surface area is 391 Å². The Morgan fingerprint density at radius 1 is 0.985 bits per heavy atom. The number of aldehydes is 1. The minimum Gasteiger partial charge on any atom is -0.494 e. The third-order valence-electron chi connectivity index (χ3n) is 13.7. The van der Waals surface area contributed by atoms with Gasteiger partial charge in [0.2, 0.25) is 11.9 Å². The second-order valence-corrected chi connectivity index (χ2v) is 20.9. The fraction of sp³-hybridized carbons (Fsp3) is 0.449. The van der Waals surface area contributed by atoms with Crippen LogP contribution < -0.4 is 30.9 Å². The summed E-state index contributed by atoms with van der Waals surface area (Å²) in [5.41, 5.74) is 9.20. The Balaban J connectivity index is 0.822. The molecule has 1 spiro atoms. The number of likely N-dealkylation sites (tertiary alicyclic amines) is 1. The minimum absolute atomic E-state index is 0.115. The molecule has 3 aromatic carbocycles. The van der Waals surface area contributed by atoms with Crippen molar-refractivity contribution >= 4 is 87.1 Å². The normalized spacial score (nSPS) is 16.5. The first kappa shape index (κ1) is 46.3. The average molecular weight is 964 g/mol. The van der Waals surface area contributed by atoms with Gasteiger partial charge >= 0.3 is 0 Å². The Bertz CT molecular complexity index is 2540. The molecule has 14 nitrogen and oxygen atoms in total. The molecule has 8 rings (SSSR count). The summed E-state index contributed by atoms with van der Waals surface area (Å²) < 4.78 is 6.71. The molecule has 2 saturated heterocycles. The van der Waals surface area contributed by atoms with Gasteiger partial charge in [0, 0.05) is 80.0 Å². The molecule has 2 aromatic heterocycles. The first-order valence-electron chi connectivity index (χ1n) is 22.7. The van der Waals surface area contributed by atoms with Crippen LogP contribution in [0, 0.1) is 12.3 Å². The fourth-order valence-electron chi connectivity index (χ4n) is 9.87. The number of anilines is 5. The Morgan fingerprint density at radius 3 is 2.49 bits per heavy atom. The van der Waals surface area contributed by atoms with Gasteiger partial charge in [0.05, 0.1) is 34.3 Å². The van der Waals surface area contributed by atoms with Gasteiger partial charge < -0.3 is 40.2 Å². The van der Waals surface area contributed by atoms with Crippen molar-refractivity contribution in [2.45, 2.75) is 77.3 Å². The molecule has 0 bridgehead atoms. The molecular weight excluding hydrogens is 903 g/mol. The maximum atomic E-state index is 13.3. The van der Waals surface area contributed by atoms with E-state index in [1.54, 1.807) is 37.6 Å². The molecular formula is C49H60BrN10O4P. The first-order valence-corrected chi connectivity index (χ1v) is 25.7. The molecule has 342 valence electrons. The number of hydrogen-bond donors (Lipinski definition) is 3.